The molecule has 4 rings (SSSR count). The Hall–Kier alpha value is -2.07. The predicted molar refractivity (Wildman–Crippen MR) is 82.9 cm³/mol. The van der Waals surface area contributed by atoms with Crippen LogP contribution < -0.4 is 5.56 Å². The van der Waals surface area contributed by atoms with Crippen molar-refractivity contribution in [3.8, 4) is 11.1 Å². The standard InChI is InChI=1S/C16H14ClN3O/c17-12-6-2-5-11(7-12)13-9-18-20-15(21)8-14(19-16(13)20)10-3-1-4-10/h2,5-10,18H,1,3-4H2. The van der Waals surface area contributed by atoms with Crippen molar-refractivity contribution in [2.45, 2.75) is 25.2 Å². The molecule has 0 aliphatic heterocycles. The van der Waals surface area contributed by atoms with Crippen molar-refractivity contribution < 1.29 is 0 Å². The Labute approximate surface area is 126 Å². The van der Waals surface area contributed by atoms with Gasteiger partial charge in [0.2, 0.25) is 0 Å². The van der Waals surface area contributed by atoms with Gasteiger partial charge in [-0.2, -0.15) is 0 Å². The van der Waals surface area contributed by atoms with Crippen LogP contribution in [0.2, 0.25) is 5.02 Å². The second-order valence-electron chi connectivity index (χ2n) is 5.50. The summed E-state index contributed by atoms with van der Waals surface area (Å²) in [4.78, 5) is 16.9. The Morgan fingerprint density at radius 3 is 2.86 bits per heavy atom. The molecule has 0 atom stereocenters. The van der Waals surface area contributed by atoms with E-state index in [0.717, 1.165) is 29.7 Å². The Bertz CT molecular complexity index is 877. The number of fused-ring (bicyclic) bond motifs is 1. The lowest BCUT2D eigenvalue weighted by Crippen LogP contribution is -2.19. The monoisotopic (exact) mass is 299 g/mol. The lowest BCUT2D eigenvalue weighted by atomic mass is 9.83. The van der Waals surface area contributed by atoms with Crippen LogP contribution in [0, 0.1) is 0 Å². The SMILES string of the molecule is O=c1cc(C2CCC2)nc2c(-c3cccc(Cl)c3)c[nH]n12. The summed E-state index contributed by atoms with van der Waals surface area (Å²) in [6.07, 6.45) is 5.28. The van der Waals surface area contributed by atoms with Crippen molar-refractivity contribution in [3.63, 3.8) is 0 Å². The van der Waals surface area contributed by atoms with E-state index in [2.05, 4.69) is 5.10 Å². The molecule has 3 aromatic rings. The minimum atomic E-state index is -0.0600. The van der Waals surface area contributed by atoms with Gasteiger partial charge >= 0.3 is 0 Å². The van der Waals surface area contributed by atoms with Crippen LogP contribution in [0.5, 0.6) is 0 Å². The molecule has 2 aromatic heterocycles. The first kappa shape index (κ1) is 12.7. The van der Waals surface area contributed by atoms with Crippen LogP contribution in [0.4, 0.5) is 0 Å². The first-order chi connectivity index (χ1) is 10.2. The highest BCUT2D eigenvalue weighted by Gasteiger charge is 2.22. The zero-order valence-electron chi connectivity index (χ0n) is 11.3. The van der Waals surface area contributed by atoms with Gasteiger partial charge in [-0.05, 0) is 30.5 Å². The highest BCUT2D eigenvalue weighted by atomic mass is 35.5. The number of aromatic nitrogens is 3. The first-order valence-electron chi connectivity index (χ1n) is 7.09. The van der Waals surface area contributed by atoms with Gasteiger partial charge in [-0.1, -0.05) is 30.2 Å². The van der Waals surface area contributed by atoms with E-state index in [4.69, 9.17) is 16.6 Å². The van der Waals surface area contributed by atoms with Crippen LogP contribution >= 0.6 is 11.6 Å². The van der Waals surface area contributed by atoms with Crippen LogP contribution in [0.15, 0.2) is 41.3 Å². The van der Waals surface area contributed by atoms with Gasteiger partial charge in [-0.15, -0.1) is 0 Å². The summed E-state index contributed by atoms with van der Waals surface area (Å²) < 4.78 is 1.48. The Kier molecular flexibility index (Phi) is 2.86. The highest BCUT2D eigenvalue weighted by molar-refractivity contribution is 6.30. The molecular formula is C16H14ClN3O. The molecule has 1 N–H and O–H groups in total. The van der Waals surface area contributed by atoms with Crippen molar-refractivity contribution in [2.24, 2.45) is 0 Å². The van der Waals surface area contributed by atoms with Gasteiger partial charge in [0, 0.05) is 28.8 Å². The second-order valence-corrected chi connectivity index (χ2v) is 5.94. The molecule has 0 bridgehead atoms. The Balaban J connectivity index is 1.93. The zero-order chi connectivity index (χ0) is 14.4. The summed E-state index contributed by atoms with van der Waals surface area (Å²) in [5.41, 5.74) is 3.38. The maximum Gasteiger partial charge on any atom is 0.272 e. The van der Waals surface area contributed by atoms with E-state index in [-0.39, 0.29) is 5.56 Å². The molecule has 0 spiro atoms. The Morgan fingerprint density at radius 1 is 1.29 bits per heavy atom. The van der Waals surface area contributed by atoms with Crippen molar-refractivity contribution in [1.82, 2.24) is 14.6 Å². The number of nitrogens with zero attached hydrogens (tertiary/aromatic N) is 2. The smallest absolute Gasteiger partial charge is 0.272 e. The molecule has 1 fully saturated rings. The topological polar surface area (TPSA) is 50.2 Å². The molecule has 0 amide bonds. The fourth-order valence-electron chi connectivity index (χ4n) is 2.78. The van der Waals surface area contributed by atoms with E-state index in [9.17, 15) is 4.79 Å². The first-order valence-corrected chi connectivity index (χ1v) is 7.47. The van der Waals surface area contributed by atoms with E-state index < -0.39 is 0 Å². The van der Waals surface area contributed by atoms with Crippen LogP contribution in [-0.2, 0) is 0 Å². The average molecular weight is 300 g/mol. The van der Waals surface area contributed by atoms with E-state index in [0.29, 0.717) is 16.6 Å². The van der Waals surface area contributed by atoms with E-state index in [1.165, 1.54) is 10.9 Å². The number of nitrogens with one attached hydrogen (secondary N) is 1. The normalized spacial score (nSPS) is 15.3. The van der Waals surface area contributed by atoms with Gasteiger partial charge in [-0.25, -0.2) is 9.50 Å². The number of aromatic amines is 1. The quantitative estimate of drug-likeness (QED) is 0.786. The van der Waals surface area contributed by atoms with Gasteiger partial charge < -0.3 is 0 Å². The van der Waals surface area contributed by atoms with E-state index in [1.807, 2.05) is 24.3 Å². The largest absolute Gasteiger partial charge is 0.296 e. The molecule has 0 saturated heterocycles. The van der Waals surface area contributed by atoms with Gasteiger partial charge in [0.05, 0.1) is 5.69 Å². The molecule has 1 saturated carbocycles. The van der Waals surface area contributed by atoms with Crippen LogP contribution in [-0.4, -0.2) is 14.6 Å². The van der Waals surface area contributed by atoms with Crippen LogP contribution in [0.25, 0.3) is 16.8 Å². The number of rotatable bonds is 2. The molecule has 1 aliphatic rings. The van der Waals surface area contributed by atoms with Crippen molar-refractivity contribution in [1.29, 1.82) is 0 Å². The number of halogens is 1. The minimum Gasteiger partial charge on any atom is -0.296 e. The summed E-state index contributed by atoms with van der Waals surface area (Å²) in [7, 11) is 0. The highest BCUT2D eigenvalue weighted by Crippen LogP contribution is 2.35. The van der Waals surface area contributed by atoms with Crippen molar-refractivity contribution >= 4 is 17.2 Å². The van der Waals surface area contributed by atoms with E-state index in [1.54, 1.807) is 12.3 Å². The van der Waals surface area contributed by atoms with Crippen molar-refractivity contribution in [3.05, 3.63) is 57.6 Å². The van der Waals surface area contributed by atoms with Gasteiger partial charge in [-0.3, -0.25) is 9.89 Å². The summed E-state index contributed by atoms with van der Waals surface area (Å²) >= 11 is 6.06. The molecule has 106 valence electrons. The lowest BCUT2D eigenvalue weighted by molar-refractivity contribution is 0.411. The molecule has 0 radical (unpaired) electrons. The zero-order valence-corrected chi connectivity index (χ0v) is 12.1. The van der Waals surface area contributed by atoms with Crippen molar-refractivity contribution in [2.75, 3.05) is 0 Å². The van der Waals surface area contributed by atoms with Crippen LogP contribution in [0.1, 0.15) is 30.9 Å². The van der Waals surface area contributed by atoms with E-state index >= 15 is 0 Å². The Morgan fingerprint density at radius 2 is 2.14 bits per heavy atom. The molecule has 2 heterocycles. The van der Waals surface area contributed by atoms with Crippen LogP contribution in [0.3, 0.4) is 0 Å². The second kappa shape index (κ2) is 4.74. The average Bonchev–Trinajstić information content (AvgIpc) is 2.81. The summed E-state index contributed by atoms with van der Waals surface area (Å²) in [6.45, 7) is 0. The summed E-state index contributed by atoms with van der Waals surface area (Å²) in [6, 6.07) is 9.23. The molecule has 21 heavy (non-hydrogen) atoms. The maximum absolute atomic E-state index is 12.2. The minimum absolute atomic E-state index is 0.0600. The third-order valence-electron chi connectivity index (χ3n) is 4.18. The number of hydrogen-bond acceptors (Lipinski definition) is 2. The fraction of sp³-hybridized carbons (Fsp3) is 0.250. The molecule has 0 unspecified atom stereocenters. The molecule has 1 aromatic carbocycles. The van der Waals surface area contributed by atoms with Gasteiger partial charge in [0.15, 0.2) is 5.65 Å². The third-order valence-corrected chi connectivity index (χ3v) is 4.41. The number of H-pyrrole nitrogens is 1. The molecule has 1 aliphatic carbocycles. The van der Waals surface area contributed by atoms with Gasteiger partial charge in [0.25, 0.3) is 5.56 Å². The molecule has 4 nitrogen and oxygen atoms in total. The summed E-state index contributed by atoms with van der Waals surface area (Å²) in [5.74, 6) is 0.435. The summed E-state index contributed by atoms with van der Waals surface area (Å²) in [5, 5.41) is 3.65. The maximum atomic E-state index is 12.2. The lowest BCUT2D eigenvalue weighted by Gasteiger charge is -2.24. The molecular weight excluding hydrogens is 286 g/mol. The molecule has 5 heteroatoms. The van der Waals surface area contributed by atoms with Gasteiger partial charge in [0.1, 0.15) is 0 Å². The number of benzene rings is 1. The number of hydrogen-bond donors (Lipinski definition) is 1. The fourth-order valence-corrected chi connectivity index (χ4v) is 2.97. The third kappa shape index (κ3) is 2.07. The predicted octanol–water partition coefficient (Wildman–Crippen LogP) is 3.61.